The third kappa shape index (κ3) is 3.25. The number of thioether (sulfide) groups is 1. The summed E-state index contributed by atoms with van der Waals surface area (Å²) in [5.74, 6) is 0.736. The Hall–Kier alpha value is -0.280. The highest BCUT2D eigenvalue weighted by atomic mass is 32.2. The van der Waals surface area contributed by atoms with E-state index in [1.807, 2.05) is 11.8 Å². The molecule has 0 bridgehead atoms. The first-order valence-electron chi connectivity index (χ1n) is 7.47. The lowest BCUT2D eigenvalue weighted by Crippen LogP contribution is -2.55. The predicted octanol–water partition coefficient (Wildman–Crippen LogP) is 1.00. The molecule has 3 saturated heterocycles. The van der Waals surface area contributed by atoms with Crippen molar-refractivity contribution < 1.29 is 0 Å². The smallest absolute Gasteiger partial charge is 0.0923 e. The Kier molecular flexibility index (Phi) is 4.33. The van der Waals surface area contributed by atoms with Crippen molar-refractivity contribution in [1.82, 2.24) is 15.5 Å². The molecule has 0 spiro atoms. The Morgan fingerprint density at radius 1 is 1.32 bits per heavy atom. The lowest BCUT2D eigenvalue weighted by atomic mass is 9.91. The van der Waals surface area contributed by atoms with Gasteiger partial charge in [0.2, 0.25) is 0 Å². The summed E-state index contributed by atoms with van der Waals surface area (Å²) >= 11 is 1.88. The van der Waals surface area contributed by atoms with Gasteiger partial charge in [0.1, 0.15) is 0 Å². The first-order chi connectivity index (χ1) is 9.24. The third-order valence-electron chi connectivity index (χ3n) is 4.78. The summed E-state index contributed by atoms with van der Waals surface area (Å²) in [4.78, 5) is 2.41. The monoisotopic (exact) mass is 280 g/mol. The van der Waals surface area contributed by atoms with Crippen LogP contribution in [0, 0.1) is 17.2 Å². The minimum Gasteiger partial charge on any atom is -0.306 e. The molecule has 4 atom stereocenters. The van der Waals surface area contributed by atoms with Gasteiger partial charge in [-0.05, 0) is 51.7 Å². The maximum absolute atomic E-state index is 9.05. The molecule has 5 heteroatoms. The standard InChI is InChI=1S/C14H24N4S/c1-18-4-2-11(3-5-18)17-14-7-10-6-12(8-15)19-13(10)9-16-14/h10-14,16-17H,2-7,9H2,1H3. The fraction of sp³-hybridized carbons (Fsp3) is 0.929. The highest BCUT2D eigenvalue weighted by molar-refractivity contribution is 8.01. The van der Waals surface area contributed by atoms with E-state index < -0.39 is 0 Å². The van der Waals surface area contributed by atoms with Crippen LogP contribution in [0.5, 0.6) is 0 Å². The van der Waals surface area contributed by atoms with Crippen LogP contribution in [0.15, 0.2) is 0 Å². The number of piperidine rings is 2. The molecule has 0 aromatic heterocycles. The van der Waals surface area contributed by atoms with E-state index >= 15 is 0 Å². The van der Waals surface area contributed by atoms with Gasteiger partial charge in [0.25, 0.3) is 0 Å². The summed E-state index contributed by atoms with van der Waals surface area (Å²) in [6.45, 7) is 3.49. The molecule has 3 heterocycles. The minimum atomic E-state index is 0.235. The Balaban J connectivity index is 1.47. The lowest BCUT2D eigenvalue weighted by molar-refractivity contribution is 0.193. The predicted molar refractivity (Wildman–Crippen MR) is 78.9 cm³/mol. The van der Waals surface area contributed by atoms with Crippen LogP contribution < -0.4 is 10.6 Å². The molecule has 3 aliphatic rings. The van der Waals surface area contributed by atoms with Crippen molar-refractivity contribution in [1.29, 1.82) is 5.26 Å². The molecule has 4 nitrogen and oxygen atoms in total. The lowest BCUT2D eigenvalue weighted by Gasteiger charge is -2.37. The van der Waals surface area contributed by atoms with Gasteiger partial charge < -0.3 is 10.2 Å². The summed E-state index contributed by atoms with van der Waals surface area (Å²) in [6.07, 6.45) is 5.28. The van der Waals surface area contributed by atoms with Crippen LogP contribution in [0.1, 0.15) is 25.7 Å². The number of nitriles is 1. The molecule has 0 radical (unpaired) electrons. The number of nitrogens with zero attached hydrogens (tertiary/aromatic N) is 2. The van der Waals surface area contributed by atoms with Gasteiger partial charge in [-0.15, -0.1) is 11.8 Å². The van der Waals surface area contributed by atoms with Crippen LogP contribution in [-0.2, 0) is 0 Å². The van der Waals surface area contributed by atoms with E-state index in [2.05, 4.69) is 28.7 Å². The average molecular weight is 280 g/mol. The van der Waals surface area contributed by atoms with Crippen molar-refractivity contribution in [2.45, 2.75) is 48.4 Å². The fourth-order valence-corrected chi connectivity index (χ4v) is 5.06. The first kappa shape index (κ1) is 13.7. The van der Waals surface area contributed by atoms with E-state index in [0.29, 0.717) is 17.5 Å². The molecule has 106 valence electrons. The van der Waals surface area contributed by atoms with E-state index in [1.165, 1.54) is 32.4 Å². The zero-order valence-corrected chi connectivity index (χ0v) is 12.5. The maximum Gasteiger partial charge on any atom is 0.0923 e. The molecule has 0 aromatic carbocycles. The van der Waals surface area contributed by atoms with Gasteiger partial charge in [-0.3, -0.25) is 5.32 Å². The Morgan fingerprint density at radius 3 is 2.84 bits per heavy atom. The minimum absolute atomic E-state index is 0.235. The SMILES string of the molecule is CN1CCC(NC2CC3CC(C#N)SC3CN2)CC1. The zero-order chi connectivity index (χ0) is 13.2. The molecule has 0 aromatic rings. The van der Waals surface area contributed by atoms with Crippen molar-refractivity contribution >= 4 is 11.8 Å². The maximum atomic E-state index is 9.05. The first-order valence-corrected chi connectivity index (χ1v) is 8.42. The highest BCUT2D eigenvalue weighted by Crippen LogP contribution is 2.41. The topological polar surface area (TPSA) is 51.1 Å². The van der Waals surface area contributed by atoms with Crippen molar-refractivity contribution in [3.63, 3.8) is 0 Å². The van der Waals surface area contributed by atoms with Gasteiger partial charge in [-0.25, -0.2) is 0 Å². The van der Waals surface area contributed by atoms with Gasteiger partial charge >= 0.3 is 0 Å². The van der Waals surface area contributed by atoms with E-state index in [9.17, 15) is 0 Å². The van der Waals surface area contributed by atoms with Crippen LogP contribution in [0.2, 0.25) is 0 Å². The number of hydrogen-bond donors (Lipinski definition) is 2. The largest absolute Gasteiger partial charge is 0.306 e. The molecule has 0 amide bonds. The summed E-state index contributed by atoms with van der Waals surface area (Å²) in [7, 11) is 2.21. The van der Waals surface area contributed by atoms with E-state index in [-0.39, 0.29) is 5.25 Å². The van der Waals surface area contributed by atoms with Gasteiger partial charge in [0.15, 0.2) is 0 Å². The Labute approximate surface area is 120 Å². The van der Waals surface area contributed by atoms with Crippen LogP contribution >= 0.6 is 11.8 Å². The van der Waals surface area contributed by atoms with Crippen molar-refractivity contribution in [2.75, 3.05) is 26.7 Å². The Morgan fingerprint density at radius 2 is 2.11 bits per heavy atom. The van der Waals surface area contributed by atoms with Gasteiger partial charge in [-0.1, -0.05) is 0 Å². The summed E-state index contributed by atoms with van der Waals surface area (Å²) in [6, 6.07) is 3.10. The number of nitrogens with one attached hydrogen (secondary N) is 2. The quantitative estimate of drug-likeness (QED) is 0.790. The third-order valence-corrected chi connectivity index (χ3v) is 6.31. The van der Waals surface area contributed by atoms with Crippen LogP contribution in [-0.4, -0.2) is 54.3 Å². The zero-order valence-electron chi connectivity index (χ0n) is 11.6. The summed E-state index contributed by atoms with van der Waals surface area (Å²) < 4.78 is 0. The van der Waals surface area contributed by atoms with Gasteiger partial charge in [0, 0.05) is 17.8 Å². The van der Waals surface area contributed by atoms with Crippen molar-refractivity contribution in [3.05, 3.63) is 0 Å². The summed E-state index contributed by atoms with van der Waals surface area (Å²) in [5, 5.41) is 17.4. The van der Waals surface area contributed by atoms with E-state index in [0.717, 1.165) is 18.9 Å². The van der Waals surface area contributed by atoms with Crippen LogP contribution in [0.3, 0.4) is 0 Å². The van der Waals surface area contributed by atoms with Gasteiger partial charge in [0.05, 0.1) is 17.5 Å². The fourth-order valence-electron chi connectivity index (χ4n) is 3.58. The number of likely N-dealkylation sites (tertiary alicyclic amines) is 1. The molecular weight excluding hydrogens is 256 g/mol. The second-order valence-corrected chi connectivity index (χ2v) is 7.68. The molecule has 0 saturated carbocycles. The molecular formula is C14H24N4S. The van der Waals surface area contributed by atoms with Crippen molar-refractivity contribution in [3.8, 4) is 6.07 Å². The normalized spacial score (nSPS) is 40.8. The van der Waals surface area contributed by atoms with Crippen molar-refractivity contribution in [2.24, 2.45) is 5.92 Å². The summed E-state index contributed by atoms with van der Waals surface area (Å²) in [5.41, 5.74) is 0. The molecule has 4 unspecified atom stereocenters. The second-order valence-electron chi connectivity index (χ2n) is 6.23. The second kappa shape index (κ2) is 6.01. The van der Waals surface area contributed by atoms with E-state index in [1.54, 1.807) is 0 Å². The molecule has 3 rings (SSSR count). The van der Waals surface area contributed by atoms with E-state index in [4.69, 9.17) is 5.26 Å². The number of rotatable bonds is 2. The number of hydrogen-bond acceptors (Lipinski definition) is 5. The van der Waals surface area contributed by atoms with Crippen LogP contribution in [0.25, 0.3) is 0 Å². The average Bonchev–Trinajstić information content (AvgIpc) is 2.83. The highest BCUT2D eigenvalue weighted by Gasteiger charge is 2.39. The van der Waals surface area contributed by atoms with Gasteiger partial charge in [-0.2, -0.15) is 5.26 Å². The molecule has 19 heavy (non-hydrogen) atoms. The molecule has 2 N–H and O–H groups in total. The molecule has 0 aliphatic carbocycles. The molecule has 3 fully saturated rings. The molecule has 3 aliphatic heterocycles. The Bertz CT molecular complexity index is 348. The van der Waals surface area contributed by atoms with Crippen LogP contribution in [0.4, 0.5) is 0 Å². The number of fused-ring (bicyclic) bond motifs is 1.